The van der Waals surface area contributed by atoms with E-state index >= 15 is 0 Å². The predicted octanol–water partition coefficient (Wildman–Crippen LogP) is 8.90. The Morgan fingerprint density at radius 1 is 0.741 bits per heavy atom. The molecule has 286 valence electrons. The minimum Gasteiger partial charge on any atom is -0.378 e. The van der Waals surface area contributed by atoms with Crippen molar-refractivity contribution in [1.82, 2.24) is 0 Å². The zero-order valence-corrected chi connectivity index (χ0v) is 33.3. The van der Waals surface area contributed by atoms with E-state index in [1.54, 1.807) is 5.57 Å². The topological polar surface area (TPSA) is 77.8 Å². The Labute approximate surface area is 324 Å². The summed E-state index contributed by atoms with van der Waals surface area (Å²) < 4.78 is 0. The van der Waals surface area contributed by atoms with Crippen molar-refractivity contribution in [1.29, 1.82) is 0 Å². The molecule has 1 aromatic rings. The molecule has 8 aliphatic rings. The molecule has 2 N–H and O–H groups in total. The summed E-state index contributed by atoms with van der Waals surface area (Å²) in [6.07, 6.45) is 24.0. The molecule has 0 spiro atoms. The molecule has 0 saturated heterocycles. The number of nitrogens with zero attached hydrogens (tertiary/aromatic N) is 1. The molecule has 9 rings (SSSR count). The van der Waals surface area contributed by atoms with Gasteiger partial charge in [-0.15, -0.1) is 12.3 Å². The number of carbonyl (C=O) groups is 2. The number of anilines is 1. The van der Waals surface area contributed by atoms with Gasteiger partial charge in [0.2, 0.25) is 0 Å². The molecular weight excluding hydrogens is 667 g/mol. The van der Waals surface area contributed by atoms with Crippen LogP contribution < -0.4 is 4.90 Å². The van der Waals surface area contributed by atoms with Gasteiger partial charge < -0.3 is 15.1 Å². The van der Waals surface area contributed by atoms with Gasteiger partial charge in [-0.1, -0.05) is 49.0 Å². The van der Waals surface area contributed by atoms with Crippen molar-refractivity contribution in [2.75, 3.05) is 19.0 Å². The van der Waals surface area contributed by atoms with E-state index in [9.17, 15) is 19.8 Å². The fourth-order valence-electron chi connectivity index (χ4n) is 13.8. The van der Waals surface area contributed by atoms with Gasteiger partial charge in [0, 0.05) is 49.4 Å². The summed E-state index contributed by atoms with van der Waals surface area (Å²) in [4.78, 5) is 26.0. The molecule has 0 radical (unpaired) electrons. The molecule has 5 fully saturated rings. The first-order valence-electron chi connectivity index (χ1n) is 21.1. The first-order chi connectivity index (χ1) is 25.8. The number of hydrogen-bond donors (Lipinski definition) is 2. The number of ketones is 2. The van der Waals surface area contributed by atoms with E-state index in [0.29, 0.717) is 47.7 Å². The fraction of sp³-hybridized carbons (Fsp3) is 0.633. The number of terminal acetylenes is 1. The molecule has 11 atom stereocenters. The van der Waals surface area contributed by atoms with Crippen molar-refractivity contribution >= 4 is 17.3 Å². The lowest BCUT2D eigenvalue weighted by molar-refractivity contribution is -0.116. The third-order valence-corrected chi connectivity index (χ3v) is 16.7. The molecule has 0 unspecified atom stereocenters. The van der Waals surface area contributed by atoms with Crippen LogP contribution in [0.4, 0.5) is 5.69 Å². The lowest BCUT2D eigenvalue weighted by atomic mass is 9.50. The molecular formula is C49H61NO4. The van der Waals surface area contributed by atoms with E-state index in [1.165, 1.54) is 34.4 Å². The monoisotopic (exact) mass is 727 g/mol. The second-order valence-corrected chi connectivity index (χ2v) is 19.1. The van der Waals surface area contributed by atoms with Crippen LogP contribution in [0.2, 0.25) is 0 Å². The maximum absolute atomic E-state index is 12.2. The van der Waals surface area contributed by atoms with Gasteiger partial charge in [-0.3, -0.25) is 9.59 Å². The zero-order valence-electron chi connectivity index (χ0n) is 33.3. The summed E-state index contributed by atoms with van der Waals surface area (Å²) >= 11 is 0. The largest absolute Gasteiger partial charge is 0.378 e. The maximum atomic E-state index is 12.2. The second-order valence-electron chi connectivity index (χ2n) is 19.1. The molecule has 0 aliphatic heterocycles. The van der Waals surface area contributed by atoms with Crippen LogP contribution >= 0.6 is 0 Å². The molecule has 0 amide bonds. The number of carbonyl (C=O) groups excluding carboxylic acids is 2. The Hall–Kier alpha value is -3.38. The first kappa shape index (κ1) is 37.5. The number of benzene rings is 1. The maximum Gasteiger partial charge on any atom is 0.156 e. The highest BCUT2D eigenvalue weighted by Gasteiger charge is 2.63. The number of fused-ring (bicyclic) bond motifs is 9. The van der Waals surface area contributed by atoms with Gasteiger partial charge in [0.25, 0.3) is 0 Å². The average molecular weight is 728 g/mol. The van der Waals surface area contributed by atoms with E-state index in [2.05, 4.69) is 74.9 Å². The second kappa shape index (κ2) is 13.7. The average Bonchev–Trinajstić information content (AvgIpc) is 3.59. The van der Waals surface area contributed by atoms with Gasteiger partial charge in [0.05, 0.1) is 0 Å². The summed E-state index contributed by atoms with van der Waals surface area (Å²) in [5.74, 6) is 13.4. The normalized spacial score (nSPS) is 41.8. The van der Waals surface area contributed by atoms with Crippen molar-refractivity contribution in [3.8, 4) is 24.2 Å². The van der Waals surface area contributed by atoms with E-state index in [1.807, 2.05) is 19.1 Å². The number of allylic oxidation sites excluding steroid dienone is 5. The van der Waals surface area contributed by atoms with Gasteiger partial charge >= 0.3 is 0 Å². The Kier molecular flexibility index (Phi) is 9.51. The summed E-state index contributed by atoms with van der Waals surface area (Å²) in [6.45, 7) is 6.38. The van der Waals surface area contributed by atoms with E-state index < -0.39 is 11.2 Å². The summed E-state index contributed by atoms with van der Waals surface area (Å²) in [5.41, 5.74) is 6.13. The van der Waals surface area contributed by atoms with Crippen LogP contribution in [0, 0.1) is 70.5 Å². The van der Waals surface area contributed by atoms with Crippen LogP contribution in [0.1, 0.15) is 129 Å². The summed E-state index contributed by atoms with van der Waals surface area (Å²) in [5, 5.41) is 22.7. The van der Waals surface area contributed by atoms with Crippen LogP contribution in [0.3, 0.4) is 0 Å². The van der Waals surface area contributed by atoms with Crippen LogP contribution in [0.25, 0.3) is 0 Å². The highest BCUT2D eigenvalue weighted by atomic mass is 16.3. The molecule has 54 heavy (non-hydrogen) atoms. The summed E-state index contributed by atoms with van der Waals surface area (Å²) in [7, 11) is 4.14. The Morgan fingerprint density at radius 3 is 2.17 bits per heavy atom. The third kappa shape index (κ3) is 5.74. The standard InChI is InChI=1S/C29H35NO2.C20H26O2/c1-5-15-29(32)16-14-26-24-12-8-20-17-22(31)11-13-23(20)27(24)25(18-28(26,29)2)19-6-9-21(10-7-19)30(3)4;1-3-20(22)11-9-18-17-6-4-13-12-14(21)5-7-15(13)16(17)8-10-19(18,20)2/h6-7,9-10,17,24-26,32H,8,11-14,16,18H2,1-4H3;1,12,15-18,22H,4-11H2,2H3/t24-,25+,26-,28-,29-;15-,16+,17+,18-,19-,20-/m00/s1. The van der Waals surface area contributed by atoms with Gasteiger partial charge in [-0.2, -0.15) is 0 Å². The highest BCUT2D eigenvalue weighted by Crippen LogP contribution is 2.67. The van der Waals surface area contributed by atoms with Gasteiger partial charge in [-0.05, 0) is 167 Å². The third-order valence-electron chi connectivity index (χ3n) is 16.7. The molecule has 5 heteroatoms. The van der Waals surface area contributed by atoms with Gasteiger partial charge in [0.15, 0.2) is 11.6 Å². The fourth-order valence-corrected chi connectivity index (χ4v) is 13.8. The molecule has 5 saturated carbocycles. The van der Waals surface area contributed by atoms with Crippen LogP contribution in [-0.4, -0.2) is 47.1 Å². The van der Waals surface area contributed by atoms with Crippen molar-refractivity contribution in [2.45, 2.75) is 134 Å². The lowest BCUT2D eigenvalue weighted by Crippen LogP contribution is -2.52. The molecule has 5 nitrogen and oxygen atoms in total. The highest BCUT2D eigenvalue weighted by molar-refractivity contribution is 5.93. The van der Waals surface area contributed by atoms with Gasteiger partial charge in [0.1, 0.15) is 11.2 Å². The Balaban J connectivity index is 0.000000164. The van der Waals surface area contributed by atoms with E-state index in [-0.39, 0.29) is 22.5 Å². The predicted molar refractivity (Wildman–Crippen MR) is 215 cm³/mol. The SMILES string of the molecule is C#C[C@]1(O)CC[C@H]2[C@@H]3CCC4=CC(=O)CC[C@@H]4[C@H]3CC[C@@]21C.CC#C[C@]1(O)CC[C@H]2[C@@H]3CCC4=CC(=O)CCC4=C3[C@@H](c3ccc(N(C)C)cc3)C[C@@]21C. The first-order valence-corrected chi connectivity index (χ1v) is 21.1. The molecule has 8 aliphatic carbocycles. The number of hydrogen-bond acceptors (Lipinski definition) is 5. The van der Waals surface area contributed by atoms with E-state index in [0.717, 1.165) is 83.5 Å². The zero-order chi connectivity index (χ0) is 38.2. The molecule has 0 bridgehead atoms. The van der Waals surface area contributed by atoms with Crippen molar-refractivity contribution in [3.05, 3.63) is 64.3 Å². The minimum atomic E-state index is -0.914. The summed E-state index contributed by atoms with van der Waals surface area (Å²) in [6, 6.07) is 8.97. The smallest absolute Gasteiger partial charge is 0.156 e. The van der Waals surface area contributed by atoms with Crippen molar-refractivity contribution in [2.24, 2.45) is 46.3 Å². The molecule has 0 aromatic heterocycles. The van der Waals surface area contributed by atoms with Crippen molar-refractivity contribution < 1.29 is 19.8 Å². The minimum absolute atomic E-state index is 0.103. The molecule has 1 aromatic carbocycles. The Morgan fingerprint density at radius 2 is 1.44 bits per heavy atom. The van der Waals surface area contributed by atoms with Crippen LogP contribution in [-0.2, 0) is 9.59 Å². The van der Waals surface area contributed by atoms with Crippen LogP contribution in [0.15, 0.2) is 58.7 Å². The van der Waals surface area contributed by atoms with Crippen molar-refractivity contribution in [3.63, 3.8) is 0 Å². The Bertz CT molecular complexity index is 1920. The van der Waals surface area contributed by atoms with E-state index in [4.69, 9.17) is 6.42 Å². The van der Waals surface area contributed by atoms with Crippen LogP contribution in [0.5, 0.6) is 0 Å². The quantitative estimate of drug-likeness (QED) is 0.298. The lowest BCUT2D eigenvalue weighted by Gasteiger charge is -2.54. The van der Waals surface area contributed by atoms with Gasteiger partial charge in [-0.25, -0.2) is 0 Å². The number of rotatable bonds is 2. The molecule has 0 heterocycles. The number of aliphatic hydroxyl groups is 2.